The molecule has 2 aromatic carbocycles. The van der Waals surface area contributed by atoms with E-state index in [9.17, 15) is 4.79 Å². The van der Waals surface area contributed by atoms with Crippen LogP contribution in [0.2, 0.25) is 5.02 Å². The molecular weight excluding hydrogens is 322 g/mol. The van der Waals surface area contributed by atoms with Crippen molar-refractivity contribution in [1.29, 1.82) is 0 Å². The highest BCUT2D eigenvalue weighted by Gasteiger charge is 2.12. The Labute approximate surface area is 147 Å². The first kappa shape index (κ1) is 16.7. The van der Waals surface area contributed by atoms with Crippen molar-refractivity contribution in [2.45, 2.75) is 19.3 Å². The number of carbonyl (C=O) groups is 1. The number of nitrogens with zero attached hydrogens (tertiary/aromatic N) is 1. The summed E-state index contributed by atoms with van der Waals surface area (Å²) >= 11 is 5.93. The molecule has 0 saturated carbocycles. The minimum atomic E-state index is -0.00143. The Balaban J connectivity index is 1.44. The molecule has 5 heteroatoms. The van der Waals surface area contributed by atoms with Gasteiger partial charge in [0.15, 0.2) is 0 Å². The Morgan fingerprint density at radius 1 is 1.04 bits per heavy atom. The standard InChI is InChI=1S/C19H22ClN3O/c20-15-4-3-5-17(14-15)21-11-10-19(24)22-16-6-8-18(9-7-16)23-12-1-2-13-23/h3-9,14,21H,1-2,10-13H2,(H,22,24). The number of amides is 1. The third-order valence-electron chi connectivity index (χ3n) is 4.13. The fraction of sp³-hybridized carbons (Fsp3) is 0.316. The van der Waals surface area contributed by atoms with Crippen molar-refractivity contribution in [1.82, 2.24) is 0 Å². The number of halogens is 1. The minimum absolute atomic E-state index is 0.00143. The minimum Gasteiger partial charge on any atom is -0.384 e. The molecule has 0 bridgehead atoms. The zero-order valence-corrected chi connectivity index (χ0v) is 14.4. The maximum absolute atomic E-state index is 12.0. The first-order chi connectivity index (χ1) is 11.7. The van der Waals surface area contributed by atoms with E-state index < -0.39 is 0 Å². The SMILES string of the molecule is O=C(CCNc1cccc(Cl)c1)Nc1ccc(N2CCCC2)cc1. The summed E-state index contributed by atoms with van der Waals surface area (Å²) in [7, 11) is 0. The number of hydrogen-bond acceptors (Lipinski definition) is 3. The average Bonchev–Trinajstić information content (AvgIpc) is 3.10. The number of hydrogen-bond donors (Lipinski definition) is 2. The molecule has 1 aliphatic rings. The molecule has 1 saturated heterocycles. The van der Waals surface area contributed by atoms with Crippen LogP contribution in [0.1, 0.15) is 19.3 Å². The van der Waals surface area contributed by atoms with Gasteiger partial charge in [0.2, 0.25) is 5.91 Å². The fourth-order valence-corrected chi connectivity index (χ4v) is 3.06. The predicted octanol–water partition coefficient (Wildman–Crippen LogP) is 4.38. The molecule has 0 aromatic heterocycles. The molecule has 1 fully saturated rings. The fourth-order valence-electron chi connectivity index (χ4n) is 2.87. The lowest BCUT2D eigenvalue weighted by molar-refractivity contribution is -0.115. The third-order valence-corrected chi connectivity index (χ3v) is 4.36. The van der Waals surface area contributed by atoms with E-state index >= 15 is 0 Å². The molecule has 0 aliphatic carbocycles. The Bertz CT molecular complexity index is 681. The third kappa shape index (κ3) is 4.65. The van der Waals surface area contributed by atoms with E-state index in [4.69, 9.17) is 11.6 Å². The number of nitrogens with one attached hydrogen (secondary N) is 2. The molecule has 0 spiro atoms. The summed E-state index contributed by atoms with van der Waals surface area (Å²) in [6, 6.07) is 15.6. The van der Waals surface area contributed by atoms with Crippen LogP contribution in [-0.4, -0.2) is 25.5 Å². The quantitative estimate of drug-likeness (QED) is 0.818. The molecule has 1 heterocycles. The lowest BCUT2D eigenvalue weighted by Gasteiger charge is -2.17. The van der Waals surface area contributed by atoms with Crippen molar-refractivity contribution in [3.05, 3.63) is 53.6 Å². The lowest BCUT2D eigenvalue weighted by Crippen LogP contribution is -2.18. The van der Waals surface area contributed by atoms with E-state index in [-0.39, 0.29) is 5.91 Å². The molecule has 126 valence electrons. The van der Waals surface area contributed by atoms with Crippen LogP contribution in [0.5, 0.6) is 0 Å². The van der Waals surface area contributed by atoms with Crippen LogP contribution in [0.25, 0.3) is 0 Å². The van der Waals surface area contributed by atoms with E-state index in [0.717, 1.165) is 24.5 Å². The van der Waals surface area contributed by atoms with Crippen molar-refractivity contribution in [2.24, 2.45) is 0 Å². The van der Waals surface area contributed by atoms with Gasteiger partial charge in [-0.2, -0.15) is 0 Å². The monoisotopic (exact) mass is 343 g/mol. The summed E-state index contributed by atoms with van der Waals surface area (Å²) in [5, 5.41) is 6.81. The second-order valence-electron chi connectivity index (χ2n) is 5.98. The summed E-state index contributed by atoms with van der Waals surface area (Å²) in [6.07, 6.45) is 2.93. The molecule has 2 aromatic rings. The number of anilines is 3. The first-order valence-corrected chi connectivity index (χ1v) is 8.73. The van der Waals surface area contributed by atoms with Crippen LogP contribution in [0.4, 0.5) is 17.1 Å². The molecule has 4 nitrogen and oxygen atoms in total. The van der Waals surface area contributed by atoms with E-state index in [0.29, 0.717) is 18.0 Å². The van der Waals surface area contributed by atoms with Gasteiger partial charge in [0.05, 0.1) is 0 Å². The molecule has 24 heavy (non-hydrogen) atoms. The summed E-state index contributed by atoms with van der Waals surface area (Å²) in [5.41, 5.74) is 2.99. The van der Waals surface area contributed by atoms with E-state index in [1.807, 2.05) is 36.4 Å². The van der Waals surface area contributed by atoms with Gasteiger partial charge in [-0.15, -0.1) is 0 Å². The van der Waals surface area contributed by atoms with Crippen molar-refractivity contribution in [3.63, 3.8) is 0 Å². The Morgan fingerprint density at radius 2 is 1.79 bits per heavy atom. The van der Waals surface area contributed by atoms with Crippen molar-refractivity contribution < 1.29 is 4.79 Å². The highest BCUT2D eigenvalue weighted by molar-refractivity contribution is 6.30. The molecular formula is C19H22ClN3O. The van der Waals surface area contributed by atoms with E-state index in [1.54, 1.807) is 0 Å². The molecule has 3 rings (SSSR count). The summed E-state index contributed by atoms with van der Waals surface area (Å²) in [4.78, 5) is 14.4. The predicted molar refractivity (Wildman–Crippen MR) is 101 cm³/mol. The van der Waals surface area contributed by atoms with Gasteiger partial charge in [-0.05, 0) is 55.3 Å². The number of benzene rings is 2. The molecule has 2 N–H and O–H groups in total. The second-order valence-corrected chi connectivity index (χ2v) is 6.41. The van der Waals surface area contributed by atoms with Crippen LogP contribution >= 0.6 is 11.6 Å². The smallest absolute Gasteiger partial charge is 0.226 e. The molecule has 1 aliphatic heterocycles. The summed E-state index contributed by atoms with van der Waals surface area (Å²) < 4.78 is 0. The van der Waals surface area contributed by atoms with Gasteiger partial charge in [-0.1, -0.05) is 17.7 Å². The molecule has 0 atom stereocenters. The largest absolute Gasteiger partial charge is 0.384 e. The highest BCUT2D eigenvalue weighted by atomic mass is 35.5. The van der Waals surface area contributed by atoms with Gasteiger partial charge < -0.3 is 15.5 Å². The topological polar surface area (TPSA) is 44.4 Å². The van der Waals surface area contributed by atoms with Gasteiger partial charge >= 0.3 is 0 Å². The highest BCUT2D eigenvalue weighted by Crippen LogP contribution is 2.22. The van der Waals surface area contributed by atoms with Gasteiger partial charge in [-0.3, -0.25) is 4.79 Å². The number of rotatable bonds is 6. The maximum atomic E-state index is 12.0. The summed E-state index contributed by atoms with van der Waals surface area (Å²) in [5.74, 6) is -0.00143. The van der Waals surface area contributed by atoms with Crippen LogP contribution < -0.4 is 15.5 Å². The average molecular weight is 344 g/mol. The van der Waals surface area contributed by atoms with Crippen LogP contribution in [-0.2, 0) is 4.79 Å². The second kappa shape index (κ2) is 8.06. The Morgan fingerprint density at radius 3 is 2.50 bits per heavy atom. The van der Waals surface area contributed by atoms with Gasteiger partial charge in [-0.25, -0.2) is 0 Å². The van der Waals surface area contributed by atoms with Crippen molar-refractivity contribution in [2.75, 3.05) is 35.2 Å². The van der Waals surface area contributed by atoms with E-state index in [2.05, 4.69) is 27.7 Å². The lowest BCUT2D eigenvalue weighted by atomic mass is 10.2. The normalized spacial score (nSPS) is 13.8. The molecule has 0 radical (unpaired) electrons. The van der Waals surface area contributed by atoms with Crippen LogP contribution in [0, 0.1) is 0 Å². The van der Waals surface area contributed by atoms with Crippen LogP contribution in [0.15, 0.2) is 48.5 Å². The van der Waals surface area contributed by atoms with Gasteiger partial charge in [0.25, 0.3) is 0 Å². The zero-order valence-electron chi connectivity index (χ0n) is 13.6. The maximum Gasteiger partial charge on any atom is 0.226 e. The van der Waals surface area contributed by atoms with Gasteiger partial charge in [0.1, 0.15) is 0 Å². The van der Waals surface area contributed by atoms with Crippen molar-refractivity contribution in [3.8, 4) is 0 Å². The Kier molecular flexibility index (Phi) is 5.59. The van der Waals surface area contributed by atoms with Gasteiger partial charge in [0, 0.05) is 48.1 Å². The summed E-state index contributed by atoms with van der Waals surface area (Å²) in [6.45, 7) is 2.82. The molecule has 1 amide bonds. The first-order valence-electron chi connectivity index (χ1n) is 8.35. The molecule has 0 unspecified atom stereocenters. The zero-order chi connectivity index (χ0) is 16.8. The van der Waals surface area contributed by atoms with E-state index in [1.165, 1.54) is 18.5 Å². The van der Waals surface area contributed by atoms with Crippen molar-refractivity contribution >= 4 is 34.6 Å². The Hall–Kier alpha value is -2.20. The van der Waals surface area contributed by atoms with Crippen LogP contribution in [0.3, 0.4) is 0 Å². The number of carbonyl (C=O) groups excluding carboxylic acids is 1.